The normalized spacial score (nSPS) is 12.0. The van der Waals surface area contributed by atoms with Gasteiger partial charge in [-0.2, -0.15) is 0 Å². The van der Waals surface area contributed by atoms with Crippen molar-refractivity contribution in [2.24, 2.45) is 0 Å². The third-order valence-electron chi connectivity index (χ3n) is 5.19. The second kappa shape index (κ2) is 9.08. The Balaban J connectivity index is 0.00000225. The van der Waals surface area contributed by atoms with Crippen molar-refractivity contribution in [2.45, 2.75) is 32.1 Å². The summed E-state index contributed by atoms with van der Waals surface area (Å²) >= 11 is 0. The van der Waals surface area contributed by atoms with Crippen molar-refractivity contribution in [3.8, 4) is 0 Å². The van der Waals surface area contributed by atoms with E-state index in [1.165, 1.54) is 37.9 Å². The summed E-state index contributed by atoms with van der Waals surface area (Å²) in [5, 5.41) is 7.82. The van der Waals surface area contributed by atoms with E-state index in [1.807, 2.05) is 0 Å². The first-order valence-electron chi connectivity index (χ1n) is 9.28. The number of hydrogen-bond donors (Lipinski definition) is 0. The Bertz CT molecular complexity index is 1170. The molecule has 0 aliphatic rings. The third-order valence-corrected chi connectivity index (χ3v) is 5.64. The number of hydrogen-bond acceptors (Lipinski definition) is 4. The molecule has 4 aromatic rings. The molecule has 140 valence electrons. The van der Waals surface area contributed by atoms with Crippen molar-refractivity contribution in [3.63, 3.8) is 0 Å². The minimum atomic E-state index is -4.56. The smallest absolute Gasteiger partial charge is 0.726 e. The number of rotatable bonds is 8. The topological polar surface area (TPSA) is 66.4 Å². The predicted molar refractivity (Wildman–Crippen MR) is 108 cm³/mol. The van der Waals surface area contributed by atoms with Gasteiger partial charge in [-0.15, -0.1) is 0 Å². The predicted octanol–water partition coefficient (Wildman–Crippen LogP) is 2.17. The molecular formula is C22H21NaO4S. The molecule has 0 bridgehead atoms. The molecule has 6 heteroatoms. The first-order valence-corrected chi connectivity index (χ1v) is 10.6. The zero-order valence-electron chi connectivity index (χ0n) is 16.0. The fourth-order valence-electron chi connectivity index (χ4n) is 3.95. The van der Waals surface area contributed by atoms with Gasteiger partial charge in [0.05, 0.1) is 6.61 Å². The van der Waals surface area contributed by atoms with E-state index in [-0.39, 0.29) is 36.2 Å². The molecule has 0 saturated carbocycles. The summed E-state index contributed by atoms with van der Waals surface area (Å²) in [4.78, 5) is 0. The van der Waals surface area contributed by atoms with Crippen molar-refractivity contribution in [3.05, 3.63) is 60.2 Å². The van der Waals surface area contributed by atoms with Crippen LogP contribution in [0, 0.1) is 0 Å². The van der Waals surface area contributed by atoms with Crippen LogP contribution in [0.2, 0.25) is 0 Å². The van der Waals surface area contributed by atoms with Gasteiger partial charge in [0.25, 0.3) is 0 Å². The molecule has 0 N–H and O–H groups in total. The SMILES string of the molecule is O=S(=O)([O-])OCCCCCCc1ccc2ccc3cccc4ccc1c2c34.[Na+]. The van der Waals surface area contributed by atoms with Gasteiger partial charge in [-0.25, -0.2) is 8.42 Å². The summed E-state index contributed by atoms with van der Waals surface area (Å²) < 4.78 is 35.4. The number of benzene rings is 4. The Labute approximate surface area is 187 Å². The van der Waals surface area contributed by atoms with E-state index in [1.54, 1.807) is 0 Å². The van der Waals surface area contributed by atoms with E-state index in [0.29, 0.717) is 6.42 Å². The van der Waals surface area contributed by atoms with Crippen LogP contribution in [0.1, 0.15) is 31.2 Å². The van der Waals surface area contributed by atoms with Crippen LogP contribution in [-0.4, -0.2) is 19.6 Å². The van der Waals surface area contributed by atoms with Gasteiger partial charge in [0.15, 0.2) is 0 Å². The molecule has 4 aromatic carbocycles. The molecule has 4 rings (SSSR count). The summed E-state index contributed by atoms with van der Waals surface area (Å²) in [5.74, 6) is 0. The molecule has 0 aliphatic heterocycles. The molecule has 0 aromatic heterocycles. The first kappa shape index (κ1) is 21.5. The summed E-state index contributed by atoms with van der Waals surface area (Å²) in [6, 6.07) is 19.7. The Morgan fingerprint density at radius 1 is 0.750 bits per heavy atom. The van der Waals surface area contributed by atoms with E-state index in [2.05, 4.69) is 58.8 Å². The van der Waals surface area contributed by atoms with Crippen LogP contribution < -0.4 is 29.6 Å². The number of unbranched alkanes of at least 4 members (excludes halogenated alkanes) is 3. The van der Waals surface area contributed by atoms with Gasteiger partial charge in [-0.1, -0.05) is 67.4 Å². The summed E-state index contributed by atoms with van der Waals surface area (Å²) in [5.41, 5.74) is 1.35. The maximum Gasteiger partial charge on any atom is 1.00 e. The zero-order chi connectivity index (χ0) is 18.9. The fourth-order valence-corrected chi connectivity index (χ4v) is 4.27. The van der Waals surface area contributed by atoms with Gasteiger partial charge in [-0.05, 0) is 57.1 Å². The minimum Gasteiger partial charge on any atom is -0.726 e. The molecule has 0 saturated heterocycles. The Kier molecular flexibility index (Phi) is 6.97. The molecule has 0 fully saturated rings. The molecule has 4 nitrogen and oxygen atoms in total. The molecule has 0 heterocycles. The summed E-state index contributed by atoms with van der Waals surface area (Å²) in [6.45, 7) is -0.0233. The molecular weight excluding hydrogens is 383 g/mol. The monoisotopic (exact) mass is 404 g/mol. The van der Waals surface area contributed by atoms with Crippen molar-refractivity contribution in [1.29, 1.82) is 0 Å². The molecule has 0 radical (unpaired) electrons. The average Bonchev–Trinajstić information content (AvgIpc) is 2.65. The molecule has 0 spiro atoms. The van der Waals surface area contributed by atoms with E-state index < -0.39 is 10.4 Å². The summed E-state index contributed by atoms with van der Waals surface area (Å²) in [6.07, 6.45) is 4.41. The van der Waals surface area contributed by atoms with Crippen molar-refractivity contribution in [2.75, 3.05) is 6.61 Å². The van der Waals surface area contributed by atoms with Crippen molar-refractivity contribution >= 4 is 42.7 Å². The summed E-state index contributed by atoms with van der Waals surface area (Å²) in [7, 11) is -4.56. The first-order chi connectivity index (χ1) is 13.0. The van der Waals surface area contributed by atoms with Crippen LogP contribution in [0.5, 0.6) is 0 Å². The van der Waals surface area contributed by atoms with Gasteiger partial charge in [-0.3, -0.25) is 4.18 Å². The maximum atomic E-state index is 10.4. The molecule has 0 unspecified atom stereocenters. The Hall–Kier alpha value is -1.21. The Morgan fingerprint density at radius 3 is 2.07 bits per heavy atom. The van der Waals surface area contributed by atoms with Gasteiger partial charge in [0, 0.05) is 0 Å². The molecule has 0 atom stereocenters. The van der Waals surface area contributed by atoms with Gasteiger partial charge in [0.1, 0.15) is 0 Å². The molecule has 28 heavy (non-hydrogen) atoms. The van der Waals surface area contributed by atoms with E-state index in [4.69, 9.17) is 0 Å². The quantitative estimate of drug-likeness (QED) is 0.148. The second-order valence-electron chi connectivity index (χ2n) is 6.98. The van der Waals surface area contributed by atoms with E-state index in [0.717, 1.165) is 25.7 Å². The maximum absolute atomic E-state index is 10.4. The molecule has 0 aliphatic carbocycles. The van der Waals surface area contributed by atoms with E-state index in [9.17, 15) is 13.0 Å². The van der Waals surface area contributed by atoms with Crippen LogP contribution >= 0.6 is 0 Å². The zero-order valence-corrected chi connectivity index (χ0v) is 18.8. The van der Waals surface area contributed by atoms with Crippen LogP contribution in [0.4, 0.5) is 0 Å². The third kappa shape index (κ3) is 4.67. The largest absolute Gasteiger partial charge is 1.00 e. The van der Waals surface area contributed by atoms with Crippen LogP contribution in [0.25, 0.3) is 32.3 Å². The van der Waals surface area contributed by atoms with E-state index >= 15 is 0 Å². The number of aryl methyl sites for hydroxylation is 1. The second-order valence-corrected chi connectivity index (χ2v) is 8.03. The fraction of sp³-hybridized carbons (Fsp3) is 0.273. The van der Waals surface area contributed by atoms with Crippen LogP contribution in [0.3, 0.4) is 0 Å². The van der Waals surface area contributed by atoms with Crippen molar-refractivity contribution in [1.82, 2.24) is 0 Å². The van der Waals surface area contributed by atoms with Crippen molar-refractivity contribution < 1.29 is 46.7 Å². The standard InChI is InChI=1S/C22H22O4S.Na/c23-27(24,25)26-15-4-2-1-3-6-16-9-10-19-12-11-17-7-5-8-18-13-14-20(16)22(19)21(17)18;/h5,7-14H,1-4,6,15H2,(H,23,24,25);/q;+1/p-1. The van der Waals surface area contributed by atoms with Crippen LogP contribution in [-0.2, 0) is 21.0 Å². The average molecular weight is 404 g/mol. The molecule has 0 amide bonds. The van der Waals surface area contributed by atoms with Gasteiger partial charge in [0.2, 0.25) is 10.4 Å². The van der Waals surface area contributed by atoms with Crippen LogP contribution in [0.15, 0.2) is 54.6 Å². The van der Waals surface area contributed by atoms with Gasteiger partial charge < -0.3 is 4.55 Å². The minimum absolute atomic E-state index is 0. The Morgan fingerprint density at radius 2 is 1.36 bits per heavy atom. The van der Waals surface area contributed by atoms with Gasteiger partial charge >= 0.3 is 29.6 Å².